The number of hydrogen-bond donors (Lipinski definition) is 2. The fourth-order valence-electron chi connectivity index (χ4n) is 3.73. The molecule has 1 aliphatic rings. The number of benzene rings is 2. The van der Waals surface area contributed by atoms with Crippen LogP contribution in [0, 0.1) is 11.6 Å². The fourth-order valence-corrected chi connectivity index (χ4v) is 3.73. The highest BCUT2D eigenvalue weighted by molar-refractivity contribution is 6.01. The molecule has 10 heteroatoms. The summed E-state index contributed by atoms with van der Waals surface area (Å²) in [7, 11) is 1.51. The summed E-state index contributed by atoms with van der Waals surface area (Å²) in [5.41, 5.74) is 0.232. The van der Waals surface area contributed by atoms with Gasteiger partial charge in [0, 0.05) is 26.2 Å². The quantitative estimate of drug-likeness (QED) is 0.581. The van der Waals surface area contributed by atoms with Crippen LogP contribution in [0.2, 0.25) is 0 Å². The van der Waals surface area contributed by atoms with Crippen LogP contribution in [0.1, 0.15) is 39.0 Å². The minimum atomic E-state index is -1.26. The number of amides is 3. The van der Waals surface area contributed by atoms with Crippen molar-refractivity contribution in [1.82, 2.24) is 25.3 Å². The van der Waals surface area contributed by atoms with Crippen LogP contribution in [0.25, 0.3) is 0 Å². The van der Waals surface area contributed by atoms with E-state index >= 15 is 0 Å². The van der Waals surface area contributed by atoms with Gasteiger partial charge in [0.1, 0.15) is 22.9 Å². The number of likely N-dealkylation sites (N-methyl/N-ethyl adjacent to an activating group) is 1. The molecule has 1 unspecified atom stereocenters. The third-order valence-electron chi connectivity index (χ3n) is 5.93. The van der Waals surface area contributed by atoms with Gasteiger partial charge in [-0.15, -0.1) is 0 Å². The molecule has 8 nitrogen and oxygen atoms in total. The van der Waals surface area contributed by atoms with Gasteiger partial charge in [-0.2, -0.15) is 5.10 Å². The summed E-state index contributed by atoms with van der Waals surface area (Å²) in [6.45, 7) is 1.91. The number of nitrogens with zero attached hydrogens (tertiary/aromatic N) is 3. The Labute approximate surface area is 194 Å². The molecule has 0 saturated carbocycles. The molecule has 1 atom stereocenters. The highest BCUT2D eigenvalue weighted by atomic mass is 19.1. The Bertz CT molecular complexity index is 1260. The van der Waals surface area contributed by atoms with E-state index in [2.05, 4.69) is 15.7 Å². The van der Waals surface area contributed by atoms with Crippen LogP contribution in [0.3, 0.4) is 0 Å². The SMILES string of the molecule is CN1C(=O)c2cc(C(=O)NCc3cccc(F)c3)nn2CC1(C)C(=O)NCc1ccc(F)cc1. The van der Waals surface area contributed by atoms with E-state index in [1.54, 1.807) is 31.2 Å². The highest BCUT2D eigenvalue weighted by Crippen LogP contribution is 2.26. The molecular formula is C24H23F2N5O3. The van der Waals surface area contributed by atoms with E-state index in [0.29, 0.717) is 11.1 Å². The van der Waals surface area contributed by atoms with Gasteiger partial charge in [0.25, 0.3) is 11.8 Å². The topological polar surface area (TPSA) is 96.3 Å². The normalized spacial score (nSPS) is 17.3. The van der Waals surface area contributed by atoms with E-state index in [1.165, 1.54) is 47.0 Å². The molecule has 1 aliphatic heterocycles. The van der Waals surface area contributed by atoms with Crippen LogP contribution in [0.4, 0.5) is 8.78 Å². The first-order chi connectivity index (χ1) is 16.2. The molecule has 0 fully saturated rings. The Morgan fingerprint density at radius 3 is 2.41 bits per heavy atom. The smallest absolute Gasteiger partial charge is 0.272 e. The maximum atomic E-state index is 13.3. The van der Waals surface area contributed by atoms with Crippen molar-refractivity contribution < 1.29 is 23.2 Å². The number of carbonyl (C=O) groups excluding carboxylic acids is 3. The standard InChI is InChI=1S/C24H23F2N5O3/c1-24(23(34)28-12-15-6-8-17(25)9-7-15)14-31-20(22(33)30(24)2)11-19(29-31)21(32)27-13-16-4-3-5-18(26)10-16/h3-11H,12-14H2,1-2H3,(H,27,32)(H,28,34). The van der Waals surface area contributed by atoms with Crippen LogP contribution >= 0.6 is 0 Å². The lowest BCUT2D eigenvalue weighted by Crippen LogP contribution is -2.62. The van der Waals surface area contributed by atoms with Gasteiger partial charge in [-0.25, -0.2) is 8.78 Å². The Morgan fingerprint density at radius 2 is 1.71 bits per heavy atom. The number of carbonyl (C=O) groups is 3. The Balaban J connectivity index is 1.46. The van der Waals surface area contributed by atoms with E-state index in [0.717, 1.165) is 0 Å². The van der Waals surface area contributed by atoms with Gasteiger partial charge in [0.05, 0.1) is 6.54 Å². The Hall–Kier alpha value is -4.08. The molecule has 2 aromatic carbocycles. The fraction of sp³-hybridized carbons (Fsp3) is 0.250. The number of rotatable bonds is 6. The second-order valence-electron chi connectivity index (χ2n) is 8.33. The van der Waals surface area contributed by atoms with E-state index in [4.69, 9.17) is 0 Å². The average molecular weight is 467 g/mol. The molecule has 3 aromatic rings. The van der Waals surface area contributed by atoms with E-state index in [-0.39, 0.29) is 36.8 Å². The zero-order chi connectivity index (χ0) is 24.5. The predicted octanol–water partition coefficient (Wildman–Crippen LogP) is 2.25. The van der Waals surface area contributed by atoms with Gasteiger partial charge >= 0.3 is 0 Å². The molecule has 3 amide bonds. The summed E-state index contributed by atoms with van der Waals surface area (Å²) in [6.07, 6.45) is 0. The largest absolute Gasteiger partial charge is 0.350 e. The molecule has 2 heterocycles. The summed E-state index contributed by atoms with van der Waals surface area (Å²) in [5, 5.41) is 9.66. The third kappa shape index (κ3) is 4.52. The summed E-state index contributed by atoms with van der Waals surface area (Å²) in [6, 6.07) is 12.9. The molecule has 0 spiro atoms. The van der Waals surface area contributed by atoms with Crippen molar-refractivity contribution >= 4 is 17.7 Å². The summed E-state index contributed by atoms with van der Waals surface area (Å²) < 4.78 is 27.8. The zero-order valence-electron chi connectivity index (χ0n) is 18.6. The molecule has 0 radical (unpaired) electrons. The Morgan fingerprint density at radius 1 is 1.00 bits per heavy atom. The monoisotopic (exact) mass is 467 g/mol. The predicted molar refractivity (Wildman–Crippen MR) is 119 cm³/mol. The first kappa shape index (κ1) is 23.1. The summed E-state index contributed by atoms with van der Waals surface area (Å²) in [4.78, 5) is 39.9. The van der Waals surface area contributed by atoms with Gasteiger partial charge in [0.2, 0.25) is 5.91 Å². The maximum absolute atomic E-state index is 13.3. The molecule has 0 aliphatic carbocycles. The number of aromatic nitrogens is 2. The van der Waals surface area contributed by atoms with Crippen LogP contribution in [-0.2, 0) is 24.4 Å². The highest BCUT2D eigenvalue weighted by Gasteiger charge is 2.46. The van der Waals surface area contributed by atoms with Crippen LogP contribution in [-0.4, -0.2) is 45.0 Å². The minimum absolute atomic E-state index is 0.0177. The molecule has 0 bridgehead atoms. The van der Waals surface area contributed by atoms with E-state index in [9.17, 15) is 23.2 Å². The van der Waals surface area contributed by atoms with Crippen LogP contribution in [0.15, 0.2) is 54.6 Å². The van der Waals surface area contributed by atoms with Crippen LogP contribution in [0.5, 0.6) is 0 Å². The molecule has 2 N–H and O–H groups in total. The van der Waals surface area contributed by atoms with Crippen molar-refractivity contribution in [3.05, 3.63) is 88.7 Å². The molecular weight excluding hydrogens is 444 g/mol. The Kier molecular flexibility index (Phi) is 6.14. The van der Waals surface area contributed by atoms with Gasteiger partial charge < -0.3 is 15.5 Å². The molecule has 0 saturated heterocycles. The molecule has 34 heavy (non-hydrogen) atoms. The lowest BCUT2D eigenvalue weighted by atomic mass is 9.96. The molecule has 4 rings (SSSR count). The second kappa shape index (κ2) is 9.05. The van der Waals surface area contributed by atoms with Crippen molar-refractivity contribution in [1.29, 1.82) is 0 Å². The average Bonchev–Trinajstić information content (AvgIpc) is 3.24. The van der Waals surface area contributed by atoms with E-state index in [1.807, 2.05) is 0 Å². The maximum Gasteiger partial charge on any atom is 0.272 e. The van der Waals surface area contributed by atoms with Crippen molar-refractivity contribution in [3.63, 3.8) is 0 Å². The van der Waals surface area contributed by atoms with Gasteiger partial charge in [-0.05, 0) is 42.3 Å². The summed E-state index contributed by atoms with van der Waals surface area (Å²) in [5.74, 6) is -2.17. The number of fused-ring (bicyclic) bond motifs is 1. The number of hydrogen-bond acceptors (Lipinski definition) is 4. The molecule has 176 valence electrons. The van der Waals surface area contributed by atoms with E-state index < -0.39 is 29.1 Å². The van der Waals surface area contributed by atoms with Crippen molar-refractivity contribution in [3.8, 4) is 0 Å². The first-order valence-corrected chi connectivity index (χ1v) is 10.6. The van der Waals surface area contributed by atoms with Gasteiger partial charge in [-0.1, -0.05) is 24.3 Å². The van der Waals surface area contributed by atoms with Crippen molar-refractivity contribution in [2.24, 2.45) is 0 Å². The number of halogens is 2. The first-order valence-electron chi connectivity index (χ1n) is 10.6. The summed E-state index contributed by atoms with van der Waals surface area (Å²) >= 11 is 0. The van der Waals surface area contributed by atoms with Gasteiger partial charge in [-0.3, -0.25) is 19.1 Å². The minimum Gasteiger partial charge on any atom is -0.350 e. The lowest BCUT2D eigenvalue weighted by Gasteiger charge is -2.40. The zero-order valence-corrected chi connectivity index (χ0v) is 18.6. The molecule has 1 aromatic heterocycles. The van der Waals surface area contributed by atoms with Gasteiger partial charge in [0.15, 0.2) is 5.69 Å². The van der Waals surface area contributed by atoms with Crippen molar-refractivity contribution in [2.75, 3.05) is 7.05 Å². The van der Waals surface area contributed by atoms with Crippen molar-refractivity contribution in [2.45, 2.75) is 32.1 Å². The number of nitrogens with one attached hydrogen (secondary N) is 2. The second-order valence-corrected chi connectivity index (χ2v) is 8.33. The van der Waals surface area contributed by atoms with Crippen LogP contribution < -0.4 is 10.6 Å². The third-order valence-corrected chi connectivity index (χ3v) is 5.93. The lowest BCUT2D eigenvalue weighted by molar-refractivity contribution is -0.132.